The molecule has 10 heteroatoms. The summed E-state index contributed by atoms with van der Waals surface area (Å²) in [7, 11) is 0. The van der Waals surface area contributed by atoms with E-state index < -0.39 is 36.1 Å². The number of anilines is 1. The number of amides is 2. The van der Waals surface area contributed by atoms with Crippen molar-refractivity contribution in [2.45, 2.75) is 26.2 Å². The molecule has 2 amide bonds. The average molecular weight is 398 g/mol. The van der Waals surface area contributed by atoms with E-state index in [1.165, 1.54) is 16.5 Å². The van der Waals surface area contributed by atoms with Crippen LogP contribution in [-0.4, -0.2) is 45.6 Å². The Bertz CT molecular complexity index is 873. The van der Waals surface area contributed by atoms with Crippen molar-refractivity contribution in [3.05, 3.63) is 35.9 Å². The number of halogens is 3. The van der Waals surface area contributed by atoms with Crippen LogP contribution in [-0.2, 0) is 9.59 Å². The first kappa shape index (κ1) is 19.2. The Morgan fingerprint density at radius 1 is 1.44 bits per heavy atom. The molecule has 144 valence electrons. The fourth-order valence-corrected chi connectivity index (χ4v) is 2.95. The molecule has 0 aromatic carbocycles. The number of likely N-dealkylation sites (N-methyl/N-ethyl adjacent to an activating group) is 1. The molecule has 1 unspecified atom stereocenters. The lowest BCUT2D eigenvalue weighted by Gasteiger charge is -2.20. The molecule has 27 heavy (non-hydrogen) atoms. The molecule has 2 aromatic rings. The summed E-state index contributed by atoms with van der Waals surface area (Å²) >= 11 is 6.16. The van der Waals surface area contributed by atoms with E-state index in [2.05, 4.69) is 15.4 Å². The van der Waals surface area contributed by atoms with E-state index in [-0.39, 0.29) is 11.7 Å². The van der Waals surface area contributed by atoms with Gasteiger partial charge in [-0.25, -0.2) is 13.5 Å². The van der Waals surface area contributed by atoms with Gasteiger partial charge in [0, 0.05) is 19.2 Å². The molecule has 1 N–H and O–H groups in total. The third-order valence-electron chi connectivity index (χ3n) is 4.63. The number of alkyl halides is 2. The van der Waals surface area contributed by atoms with E-state index in [0.29, 0.717) is 11.4 Å². The predicted molar refractivity (Wildman–Crippen MR) is 95.1 cm³/mol. The van der Waals surface area contributed by atoms with E-state index in [9.17, 15) is 18.4 Å². The van der Waals surface area contributed by atoms with Gasteiger partial charge in [0.1, 0.15) is 11.1 Å². The highest BCUT2D eigenvalue weighted by molar-refractivity contribution is 6.32. The molecule has 1 atom stereocenters. The number of carbonyl (C=O) groups excluding carboxylic acids is 2. The third kappa shape index (κ3) is 3.51. The molecule has 1 aliphatic carbocycles. The SMILES string of the molecule is CCN(C(=O)CNC(=O)C1(C)CC1(F)F)c1cn(-c2cccnc2)nc1Cl. The largest absolute Gasteiger partial charge is 0.346 e. The molecule has 0 radical (unpaired) electrons. The van der Waals surface area contributed by atoms with Crippen LogP contribution in [0.15, 0.2) is 30.7 Å². The normalized spacial score (nSPS) is 20.2. The van der Waals surface area contributed by atoms with Crippen LogP contribution in [0.4, 0.5) is 14.5 Å². The van der Waals surface area contributed by atoms with Crippen molar-refractivity contribution in [1.29, 1.82) is 0 Å². The number of carbonyl (C=O) groups is 2. The first-order valence-corrected chi connectivity index (χ1v) is 8.69. The van der Waals surface area contributed by atoms with Crippen LogP contribution in [0.1, 0.15) is 20.3 Å². The topological polar surface area (TPSA) is 80.1 Å². The molecule has 1 saturated carbocycles. The standard InChI is InChI=1S/C17H18ClF2N5O2/c1-3-24(13(26)8-22-15(27)16(2)10-17(16,19)20)12-9-25(23-14(12)18)11-5-4-6-21-7-11/h4-7,9H,3,8,10H2,1-2H3,(H,22,27). The molecule has 0 aliphatic heterocycles. The van der Waals surface area contributed by atoms with Crippen molar-refractivity contribution in [2.75, 3.05) is 18.0 Å². The second-order valence-electron chi connectivity index (χ2n) is 6.49. The van der Waals surface area contributed by atoms with Gasteiger partial charge >= 0.3 is 0 Å². The Kier molecular flexibility index (Phi) is 4.90. The van der Waals surface area contributed by atoms with E-state index in [0.717, 1.165) is 0 Å². The fraction of sp³-hybridized carbons (Fsp3) is 0.412. The molecule has 2 aromatic heterocycles. The van der Waals surface area contributed by atoms with Crippen LogP contribution < -0.4 is 10.2 Å². The summed E-state index contributed by atoms with van der Waals surface area (Å²) in [6.07, 6.45) is 4.26. The van der Waals surface area contributed by atoms with Crippen LogP contribution in [0.25, 0.3) is 5.69 Å². The van der Waals surface area contributed by atoms with Gasteiger partial charge in [-0.3, -0.25) is 14.6 Å². The van der Waals surface area contributed by atoms with Gasteiger partial charge in [0.15, 0.2) is 5.15 Å². The Morgan fingerprint density at radius 3 is 2.70 bits per heavy atom. The number of hydrogen-bond acceptors (Lipinski definition) is 4. The van der Waals surface area contributed by atoms with Crippen molar-refractivity contribution in [1.82, 2.24) is 20.1 Å². The van der Waals surface area contributed by atoms with Crippen molar-refractivity contribution in [3.63, 3.8) is 0 Å². The van der Waals surface area contributed by atoms with Crippen LogP contribution >= 0.6 is 11.6 Å². The molecule has 0 spiro atoms. The minimum atomic E-state index is -3.03. The second-order valence-corrected chi connectivity index (χ2v) is 6.85. The van der Waals surface area contributed by atoms with E-state index in [1.807, 2.05) is 0 Å². The lowest BCUT2D eigenvalue weighted by molar-refractivity contribution is -0.131. The van der Waals surface area contributed by atoms with Crippen molar-refractivity contribution >= 4 is 29.1 Å². The number of aromatic nitrogens is 3. The minimum absolute atomic E-state index is 0.0982. The van der Waals surface area contributed by atoms with E-state index in [1.54, 1.807) is 37.6 Å². The second kappa shape index (κ2) is 6.88. The summed E-state index contributed by atoms with van der Waals surface area (Å²) < 4.78 is 28.0. The van der Waals surface area contributed by atoms with Crippen LogP contribution in [0.5, 0.6) is 0 Å². The van der Waals surface area contributed by atoms with Gasteiger partial charge in [0.25, 0.3) is 5.92 Å². The average Bonchev–Trinajstić information content (AvgIpc) is 2.97. The molecular formula is C17H18ClF2N5O2. The maximum Gasteiger partial charge on any atom is 0.263 e. The fourth-order valence-electron chi connectivity index (χ4n) is 2.72. The number of rotatable bonds is 6. The summed E-state index contributed by atoms with van der Waals surface area (Å²) in [4.78, 5) is 29.8. The van der Waals surface area contributed by atoms with Gasteiger partial charge in [0.05, 0.1) is 24.6 Å². The zero-order valence-electron chi connectivity index (χ0n) is 14.7. The third-order valence-corrected chi connectivity index (χ3v) is 4.90. The maximum absolute atomic E-state index is 13.3. The van der Waals surface area contributed by atoms with E-state index >= 15 is 0 Å². The van der Waals surface area contributed by atoms with Gasteiger partial charge in [-0.2, -0.15) is 5.10 Å². The summed E-state index contributed by atoms with van der Waals surface area (Å²) in [5, 5.41) is 6.55. The maximum atomic E-state index is 13.3. The first-order valence-electron chi connectivity index (χ1n) is 8.31. The van der Waals surface area contributed by atoms with Crippen molar-refractivity contribution in [3.8, 4) is 5.69 Å². The number of nitrogens with one attached hydrogen (secondary N) is 1. The molecule has 0 bridgehead atoms. The quantitative estimate of drug-likeness (QED) is 0.811. The smallest absolute Gasteiger partial charge is 0.263 e. The van der Waals surface area contributed by atoms with Gasteiger partial charge in [0.2, 0.25) is 11.8 Å². The highest BCUT2D eigenvalue weighted by Crippen LogP contribution is 2.60. The zero-order chi connectivity index (χ0) is 19.8. The Balaban J connectivity index is 1.71. The van der Waals surface area contributed by atoms with Gasteiger partial charge < -0.3 is 10.2 Å². The highest BCUT2D eigenvalue weighted by atomic mass is 35.5. The Morgan fingerprint density at radius 2 is 2.15 bits per heavy atom. The van der Waals surface area contributed by atoms with Gasteiger partial charge in [-0.05, 0) is 26.0 Å². The van der Waals surface area contributed by atoms with Gasteiger partial charge in [-0.15, -0.1) is 0 Å². The lowest BCUT2D eigenvalue weighted by atomic mass is 10.1. The molecular weight excluding hydrogens is 380 g/mol. The summed E-state index contributed by atoms with van der Waals surface area (Å²) in [5.41, 5.74) is -0.732. The van der Waals surface area contributed by atoms with Gasteiger partial charge in [-0.1, -0.05) is 11.6 Å². The molecule has 2 heterocycles. The van der Waals surface area contributed by atoms with Crippen LogP contribution in [0.2, 0.25) is 5.15 Å². The molecule has 3 rings (SSSR count). The lowest BCUT2D eigenvalue weighted by Crippen LogP contribution is -2.43. The number of pyridine rings is 1. The molecule has 0 saturated heterocycles. The first-order chi connectivity index (χ1) is 12.7. The highest BCUT2D eigenvalue weighted by Gasteiger charge is 2.72. The minimum Gasteiger partial charge on any atom is -0.346 e. The Hall–Kier alpha value is -2.55. The predicted octanol–water partition coefficient (Wildman–Crippen LogP) is 2.44. The summed E-state index contributed by atoms with van der Waals surface area (Å²) in [5.74, 6) is -4.35. The molecule has 1 fully saturated rings. The molecule has 7 nitrogen and oxygen atoms in total. The zero-order valence-corrected chi connectivity index (χ0v) is 15.5. The van der Waals surface area contributed by atoms with Crippen molar-refractivity contribution in [2.24, 2.45) is 5.41 Å². The summed E-state index contributed by atoms with van der Waals surface area (Å²) in [6, 6.07) is 3.51. The van der Waals surface area contributed by atoms with Crippen molar-refractivity contribution < 1.29 is 18.4 Å². The number of hydrogen-bond donors (Lipinski definition) is 1. The summed E-state index contributed by atoms with van der Waals surface area (Å²) in [6.45, 7) is 2.76. The van der Waals surface area contributed by atoms with E-state index in [4.69, 9.17) is 11.6 Å². The van der Waals surface area contributed by atoms with Crippen LogP contribution in [0.3, 0.4) is 0 Å². The molecule has 1 aliphatic rings. The van der Waals surface area contributed by atoms with Crippen LogP contribution in [0, 0.1) is 5.41 Å². The Labute approximate surface area is 159 Å². The number of nitrogens with zero attached hydrogens (tertiary/aromatic N) is 4. The monoisotopic (exact) mass is 397 g/mol.